The Hall–Kier alpha value is -3.28. The summed E-state index contributed by atoms with van der Waals surface area (Å²) in [7, 11) is 3.11. The number of fused-ring (bicyclic) bond motifs is 1. The van der Waals surface area contributed by atoms with E-state index in [4.69, 9.17) is 13.9 Å². The lowest BCUT2D eigenvalue weighted by atomic mass is 10.1. The van der Waals surface area contributed by atoms with E-state index in [0.717, 1.165) is 10.9 Å². The highest BCUT2D eigenvalue weighted by Crippen LogP contribution is 2.30. The number of rotatable bonds is 4. The predicted molar refractivity (Wildman–Crippen MR) is 99.5 cm³/mol. The van der Waals surface area contributed by atoms with Gasteiger partial charge >= 0.3 is 5.63 Å². The van der Waals surface area contributed by atoms with Crippen molar-refractivity contribution < 1.29 is 18.7 Å². The largest absolute Gasteiger partial charge is 0.497 e. The molecule has 0 aliphatic carbocycles. The Morgan fingerprint density at radius 2 is 1.65 bits per heavy atom. The molecule has 0 saturated heterocycles. The highest BCUT2D eigenvalue weighted by Gasteiger charge is 2.17. The molecule has 2 aromatic carbocycles. The van der Waals surface area contributed by atoms with E-state index >= 15 is 0 Å². The Balaban J connectivity index is 2.02. The molecule has 0 atom stereocenters. The van der Waals surface area contributed by atoms with E-state index in [1.165, 1.54) is 0 Å². The van der Waals surface area contributed by atoms with Gasteiger partial charge in [0.15, 0.2) is 0 Å². The van der Waals surface area contributed by atoms with Crippen LogP contribution in [0.5, 0.6) is 11.5 Å². The first-order valence-electron chi connectivity index (χ1n) is 8.02. The molecule has 26 heavy (non-hydrogen) atoms. The van der Waals surface area contributed by atoms with Crippen molar-refractivity contribution in [3.63, 3.8) is 0 Å². The average Bonchev–Trinajstić information content (AvgIpc) is 2.66. The van der Waals surface area contributed by atoms with Crippen LogP contribution in [0, 0.1) is 13.8 Å². The lowest BCUT2D eigenvalue weighted by Gasteiger charge is -2.12. The van der Waals surface area contributed by atoms with Gasteiger partial charge in [0.2, 0.25) is 0 Å². The number of nitrogens with one attached hydrogen (secondary N) is 1. The van der Waals surface area contributed by atoms with Crippen LogP contribution in [0.3, 0.4) is 0 Å². The number of ether oxygens (including phenoxy) is 2. The van der Waals surface area contributed by atoms with Crippen molar-refractivity contribution in [3.8, 4) is 11.5 Å². The van der Waals surface area contributed by atoms with Gasteiger partial charge in [-0.25, -0.2) is 4.79 Å². The van der Waals surface area contributed by atoms with Crippen molar-refractivity contribution in [2.45, 2.75) is 13.8 Å². The number of amides is 1. The smallest absolute Gasteiger partial charge is 0.360 e. The van der Waals surface area contributed by atoms with Crippen molar-refractivity contribution >= 4 is 22.6 Å². The second-order valence-electron chi connectivity index (χ2n) is 5.84. The number of hydrogen-bond acceptors (Lipinski definition) is 5. The van der Waals surface area contributed by atoms with Crippen LogP contribution in [0.4, 0.5) is 5.69 Å². The molecule has 1 aromatic heterocycles. The van der Waals surface area contributed by atoms with E-state index in [0.29, 0.717) is 28.2 Å². The van der Waals surface area contributed by atoms with Crippen LogP contribution in [0.1, 0.15) is 21.5 Å². The summed E-state index contributed by atoms with van der Waals surface area (Å²) in [6, 6.07) is 10.2. The van der Waals surface area contributed by atoms with Gasteiger partial charge in [0.1, 0.15) is 22.8 Å². The number of carbonyl (C=O) groups excluding carboxylic acids is 1. The Bertz CT molecular complexity index is 1030. The van der Waals surface area contributed by atoms with Crippen LogP contribution >= 0.6 is 0 Å². The molecule has 6 nitrogen and oxygen atoms in total. The summed E-state index contributed by atoms with van der Waals surface area (Å²) >= 11 is 0. The van der Waals surface area contributed by atoms with Crippen molar-refractivity contribution in [2.75, 3.05) is 19.5 Å². The van der Waals surface area contributed by atoms with E-state index in [2.05, 4.69) is 5.32 Å². The fraction of sp³-hybridized carbons (Fsp3) is 0.200. The third-order valence-electron chi connectivity index (χ3n) is 4.34. The molecule has 1 amide bonds. The quantitative estimate of drug-likeness (QED) is 0.724. The van der Waals surface area contributed by atoms with Gasteiger partial charge in [0.25, 0.3) is 5.91 Å². The standard InChI is InChI=1S/C20H19NO5/c1-11-15-9-10-16(25-4)12(2)18(15)26-20(23)17(11)21-19(22)13-5-7-14(24-3)8-6-13/h5-10H,1-4H3,(H,21,22). The number of methoxy groups -OCH3 is 2. The van der Waals surface area contributed by atoms with Crippen LogP contribution in [0.25, 0.3) is 11.0 Å². The SMILES string of the molecule is COc1ccc(C(=O)Nc2c(C)c3ccc(OC)c(C)c3oc2=O)cc1. The van der Waals surface area contributed by atoms with Crippen LogP contribution in [0.15, 0.2) is 45.6 Å². The second-order valence-corrected chi connectivity index (χ2v) is 5.84. The molecular formula is C20H19NO5. The zero-order valence-corrected chi connectivity index (χ0v) is 15.0. The highest BCUT2D eigenvalue weighted by atomic mass is 16.5. The Kier molecular flexibility index (Phi) is 4.67. The lowest BCUT2D eigenvalue weighted by molar-refractivity contribution is 0.102. The molecule has 134 valence electrons. The Morgan fingerprint density at radius 1 is 0.962 bits per heavy atom. The maximum Gasteiger partial charge on any atom is 0.360 e. The fourth-order valence-electron chi connectivity index (χ4n) is 2.83. The molecule has 0 radical (unpaired) electrons. The van der Waals surface area contributed by atoms with E-state index in [-0.39, 0.29) is 5.69 Å². The molecule has 0 aliphatic heterocycles. The van der Waals surface area contributed by atoms with Gasteiger partial charge in [0, 0.05) is 16.5 Å². The maximum atomic E-state index is 12.5. The topological polar surface area (TPSA) is 77.8 Å². The van der Waals surface area contributed by atoms with E-state index in [9.17, 15) is 9.59 Å². The molecule has 3 aromatic rings. The maximum absolute atomic E-state index is 12.5. The van der Waals surface area contributed by atoms with Gasteiger partial charge in [0.05, 0.1) is 14.2 Å². The fourth-order valence-corrected chi connectivity index (χ4v) is 2.83. The van der Waals surface area contributed by atoms with Crippen molar-refractivity contribution in [3.05, 3.63) is 63.5 Å². The first-order valence-corrected chi connectivity index (χ1v) is 8.02. The summed E-state index contributed by atoms with van der Waals surface area (Å²) in [5.74, 6) is 0.884. The van der Waals surface area contributed by atoms with Crippen molar-refractivity contribution in [2.24, 2.45) is 0 Å². The Labute approximate surface area is 150 Å². The minimum atomic E-state index is -0.604. The summed E-state index contributed by atoms with van der Waals surface area (Å²) in [5, 5.41) is 3.40. The minimum absolute atomic E-state index is 0.128. The third kappa shape index (κ3) is 3.01. The van der Waals surface area contributed by atoms with Crippen molar-refractivity contribution in [1.82, 2.24) is 0 Å². The number of anilines is 1. The summed E-state index contributed by atoms with van der Waals surface area (Å²) in [6.45, 7) is 3.59. The first-order chi connectivity index (χ1) is 12.5. The summed E-state index contributed by atoms with van der Waals surface area (Å²) < 4.78 is 15.8. The molecular weight excluding hydrogens is 334 g/mol. The number of carbonyl (C=O) groups is 1. The van der Waals surface area contributed by atoms with Crippen LogP contribution in [-0.2, 0) is 0 Å². The van der Waals surface area contributed by atoms with Crippen LogP contribution in [-0.4, -0.2) is 20.1 Å². The van der Waals surface area contributed by atoms with Crippen molar-refractivity contribution in [1.29, 1.82) is 0 Å². The molecule has 6 heteroatoms. The van der Waals surface area contributed by atoms with Crippen LogP contribution < -0.4 is 20.4 Å². The second kappa shape index (κ2) is 6.92. The third-order valence-corrected chi connectivity index (χ3v) is 4.34. The van der Waals surface area contributed by atoms with E-state index in [1.807, 2.05) is 13.0 Å². The summed E-state index contributed by atoms with van der Waals surface area (Å²) in [6.07, 6.45) is 0. The van der Waals surface area contributed by atoms with Gasteiger partial charge in [-0.1, -0.05) is 0 Å². The number of aryl methyl sites for hydroxylation is 2. The molecule has 3 rings (SSSR count). The summed E-state index contributed by atoms with van der Waals surface area (Å²) in [5.41, 5.74) is 1.77. The molecule has 0 aliphatic rings. The Morgan fingerprint density at radius 3 is 2.27 bits per heavy atom. The lowest BCUT2D eigenvalue weighted by Crippen LogP contribution is -2.19. The molecule has 0 unspecified atom stereocenters. The highest BCUT2D eigenvalue weighted by molar-refractivity contribution is 6.05. The monoisotopic (exact) mass is 353 g/mol. The zero-order valence-electron chi connectivity index (χ0n) is 15.0. The van der Waals surface area contributed by atoms with Crippen LogP contribution in [0.2, 0.25) is 0 Å². The summed E-state index contributed by atoms with van der Waals surface area (Å²) in [4.78, 5) is 24.9. The van der Waals surface area contributed by atoms with Gasteiger partial charge in [-0.3, -0.25) is 4.79 Å². The zero-order chi connectivity index (χ0) is 18.8. The number of benzene rings is 2. The average molecular weight is 353 g/mol. The molecule has 1 N–H and O–H groups in total. The van der Waals surface area contributed by atoms with Gasteiger partial charge < -0.3 is 19.2 Å². The first kappa shape index (κ1) is 17.5. The molecule has 0 spiro atoms. The van der Waals surface area contributed by atoms with E-state index < -0.39 is 11.5 Å². The molecule has 1 heterocycles. The van der Waals surface area contributed by atoms with Gasteiger partial charge in [-0.15, -0.1) is 0 Å². The van der Waals surface area contributed by atoms with Gasteiger partial charge in [-0.2, -0.15) is 0 Å². The normalized spacial score (nSPS) is 10.6. The molecule has 0 saturated carbocycles. The number of hydrogen-bond donors (Lipinski definition) is 1. The molecule has 0 bridgehead atoms. The van der Waals surface area contributed by atoms with Gasteiger partial charge in [-0.05, 0) is 55.8 Å². The van der Waals surface area contributed by atoms with E-state index in [1.54, 1.807) is 51.5 Å². The minimum Gasteiger partial charge on any atom is -0.497 e. The predicted octanol–water partition coefficient (Wildman–Crippen LogP) is 3.68. The molecule has 0 fully saturated rings.